The van der Waals surface area contributed by atoms with E-state index in [1.807, 2.05) is 0 Å². The lowest BCUT2D eigenvalue weighted by atomic mass is 9.81. The van der Waals surface area contributed by atoms with Crippen molar-refractivity contribution in [2.45, 2.75) is 45.6 Å². The van der Waals surface area contributed by atoms with Crippen LogP contribution in [0.25, 0.3) is 0 Å². The van der Waals surface area contributed by atoms with Gasteiger partial charge in [0, 0.05) is 13.3 Å². The highest BCUT2D eigenvalue weighted by Crippen LogP contribution is 2.33. The van der Waals surface area contributed by atoms with Gasteiger partial charge in [-0.3, -0.25) is 9.59 Å². The summed E-state index contributed by atoms with van der Waals surface area (Å²) in [6.45, 7) is 4.39. The molecule has 1 saturated carbocycles. The van der Waals surface area contributed by atoms with Crippen molar-refractivity contribution in [3.63, 3.8) is 0 Å². The number of carbonyl (C=O) groups excluding carboxylic acids is 4. The number of carbonyl (C=O) groups is 4. The lowest BCUT2D eigenvalue weighted by molar-refractivity contribution is -0.172. The Morgan fingerprint density at radius 3 is 2.05 bits per heavy atom. The summed E-state index contributed by atoms with van der Waals surface area (Å²) in [6.07, 6.45) is 1.16. The van der Waals surface area contributed by atoms with Crippen LogP contribution in [0.5, 0.6) is 0 Å². The Kier molecular flexibility index (Phi) is 5.87. The van der Waals surface area contributed by atoms with Gasteiger partial charge in [-0.15, -0.1) is 0 Å². The molecule has 0 aromatic carbocycles. The Bertz CT molecular complexity index is 427. The first kappa shape index (κ1) is 17.1. The van der Waals surface area contributed by atoms with Crippen molar-refractivity contribution in [3.05, 3.63) is 0 Å². The van der Waals surface area contributed by atoms with Crippen LogP contribution in [0.2, 0.25) is 0 Å². The van der Waals surface area contributed by atoms with Crippen molar-refractivity contribution in [2.24, 2.45) is 5.92 Å². The van der Waals surface area contributed by atoms with Gasteiger partial charge in [0.15, 0.2) is 0 Å². The first-order valence-electron chi connectivity index (χ1n) is 7.06. The monoisotopic (exact) mass is 299 g/mol. The van der Waals surface area contributed by atoms with Gasteiger partial charge in [0.25, 0.3) is 0 Å². The molecule has 7 nitrogen and oxygen atoms in total. The Labute approximate surface area is 123 Å². The van der Waals surface area contributed by atoms with Gasteiger partial charge in [0.05, 0.1) is 19.1 Å². The SMILES string of the molecule is CCOC(=O)C(NC(C)=O)(C(=O)OCC)C1CCCC1=O. The first-order valence-corrected chi connectivity index (χ1v) is 7.06. The average molecular weight is 299 g/mol. The van der Waals surface area contributed by atoms with Crippen LogP contribution in [0.3, 0.4) is 0 Å². The molecule has 0 saturated heterocycles. The van der Waals surface area contributed by atoms with Gasteiger partial charge in [-0.25, -0.2) is 9.59 Å². The van der Waals surface area contributed by atoms with Crippen LogP contribution >= 0.6 is 0 Å². The third kappa shape index (κ3) is 3.40. The summed E-state index contributed by atoms with van der Waals surface area (Å²) in [5.74, 6) is -3.68. The number of ketones is 1. The van der Waals surface area contributed by atoms with Crippen LogP contribution in [0.15, 0.2) is 0 Å². The van der Waals surface area contributed by atoms with E-state index in [4.69, 9.17) is 9.47 Å². The quantitative estimate of drug-likeness (QED) is 0.561. The second-order valence-electron chi connectivity index (χ2n) is 4.84. The highest BCUT2D eigenvalue weighted by atomic mass is 16.6. The van der Waals surface area contributed by atoms with E-state index in [9.17, 15) is 19.2 Å². The van der Waals surface area contributed by atoms with Crippen LogP contribution in [0.4, 0.5) is 0 Å². The highest BCUT2D eigenvalue weighted by molar-refractivity contribution is 6.12. The molecule has 1 aliphatic rings. The van der Waals surface area contributed by atoms with Crippen molar-refractivity contribution in [3.8, 4) is 0 Å². The second kappa shape index (κ2) is 7.19. The molecule has 0 heterocycles. The average Bonchev–Trinajstić information content (AvgIpc) is 2.82. The van der Waals surface area contributed by atoms with Crippen LogP contribution in [-0.4, -0.2) is 42.4 Å². The van der Waals surface area contributed by atoms with Crippen molar-refractivity contribution in [1.82, 2.24) is 5.32 Å². The van der Waals surface area contributed by atoms with Gasteiger partial charge in [0.1, 0.15) is 5.78 Å². The van der Waals surface area contributed by atoms with Crippen LogP contribution in [0.1, 0.15) is 40.0 Å². The van der Waals surface area contributed by atoms with Gasteiger partial charge in [-0.05, 0) is 26.7 Å². The van der Waals surface area contributed by atoms with E-state index < -0.39 is 29.3 Å². The number of nitrogens with one attached hydrogen (secondary N) is 1. The van der Waals surface area contributed by atoms with E-state index in [0.29, 0.717) is 12.8 Å². The van der Waals surface area contributed by atoms with E-state index in [-0.39, 0.29) is 25.4 Å². The summed E-state index contributed by atoms with van der Waals surface area (Å²) in [5.41, 5.74) is -2.08. The number of amides is 1. The molecule has 7 heteroatoms. The summed E-state index contributed by atoms with van der Waals surface area (Å²) < 4.78 is 9.86. The number of esters is 2. The largest absolute Gasteiger partial charge is 0.464 e. The Balaban J connectivity index is 3.31. The molecule has 0 aliphatic heterocycles. The van der Waals surface area contributed by atoms with Crippen molar-refractivity contribution in [2.75, 3.05) is 13.2 Å². The number of Topliss-reactive ketones (excluding diaryl/α,β-unsaturated/α-hetero) is 1. The van der Waals surface area contributed by atoms with Gasteiger partial charge < -0.3 is 14.8 Å². The third-order valence-electron chi connectivity index (χ3n) is 3.40. The van der Waals surface area contributed by atoms with Crippen molar-refractivity contribution >= 4 is 23.6 Å². The zero-order valence-corrected chi connectivity index (χ0v) is 12.6. The maximum Gasteiger partial charge on any atom is 0.344 e. The first-order chi connectivity index (χ1) is 9.90. The summed E-state index contributed by atoms with van der Waals surface area (Å²) in [7, 11) is 0. The molecule has 1 unspecified atom stereocenters. The van der Waals surface area contributed by atoms with Crippen molar-refractivity contribution < 1.29 is 28.7 Å². The van der Waals surface area contributed by atoms with E-state index in [1.165, 1.54) is 6.92 Å². The summed E-state index contributed by atoms with van der Waals surface area (Å²) in [6, 6.07) is 0. The molecule has 21 heavy (non-hydrogen) atoms. The zero-order valence-electron chi connectivity index (χ0n) is 12.6. The fraction of sp³-hybridized carbons (Fsp3) is 0.714. The highest BCUT2D eigenvalue weighted by Gasteiger charge is 2.59. The fourth-order valence-corrected chi connectivity index (χ4v) is 2.60. The molecule has 1 rings (SSSR count). The molecule has 1 amide bonds. The lowest BCUT2D eigenvalue weighted by Gasteiger charge is -2.33. The van der Waals surface area contributed by atoms with E-state index in [2.05, 4.69) is 5.32 Å². The molecule has 0 aromatic heterocycles. The van der Waals surface area contributed by atoms with E-state index >= 15 is 0 Å². The van der Waals surface area contributed by atoms with Gasteiger partial charge in [-0.2, -0.15) is 0 Å². The zero-order chi connectivity index (χ0) is 16.0. The lowest BCUT2D eigenvalue weighted by Crippen LogP contribution is -2.66. The smallest absolute Gasteiger partial charge is 0.344 e. The predicted molar refractivity (Wildman–Crippen MR) is 72.2 cm³/mol. The summed E-state index contributed by atoms with van der Waals surface area (Å²) in [4.78, 5) is 48.3. The molecule has 0 spiro atoms. The van der Waals surface area contributed by atoms with E-state index in [1.54, 1.807) is 13.8 Å². The third-order valence-corrected chi connectivity index (χ3v) is 3.40. The second-order valence-corrected chi connectivity index (χ2v) is 4.84. The molecule has 0 aromatic rings. The molecule has 1 N–H and O–H groups in total. The number of hydrogen-bond acceptors (Lipinski definition) is 6. The molecule has 0 bridgehead atoms. The maximum absolute atomic E-state index is 12.4. The fourth-order valence-electron chi connectivity index (χ4n) is 2.60. The summed E-state index contributed by atoms with van der Waals surface area (Å²) in [5, 5.41) is 2.33. The standard InChI is InChI=1S/C14H21NO6/c1-4-20-12(18)14(15-9(3)16,13(19)21-5-2)10-7-6-8-11(10)17/h10H,4-8H2,1-3H3,(H,15,16). The number of hydrogen-bond donors (Lipinski definition) is 1. The summed E-state index contributed by atoms with van der Waals surface area (Å²) >= 11 is 0. The van der Waals surface area contributed by atoms with Crippen molar-refractivity contribution in [1.29, 1.82) is 0 Å². The number of rotatable bonds is 6. The predicted octanol–water partition coefficient (Wildman–Crippen LogP) is 0.357. The van der Waals surface area contributed by atoms with E-state index in [0.717, 1.165) is 0 Å². The normalized spacial score (nSPS) is 18.2. The van der Waals surface area contributed by atoms with Crippen LogP contribution < -0.4 is 5.32 Å². The Morgan fingerprint density at radius 1 is 1.19 bits per heavy atom. The molecular formula is C14H21NO6. The van der Waals surface area contributed by atoms with Crippen LogP contribution in [0, 0.1) is 5.92 Å². The minimum absolute atomic E-state index is 0.0283. The minimum atomic E-state index is -2.08. The van der Waals surface area contributed by atoms with Gasteiger partial charge in [0.2, 0.25) is 11.4 Å². The van der Waals surface area contributed by atoms with Gasteiger partial charge in [-0.1, -0.05) is 0 Å². The Hall–Kier alpha value is -1.92. The molecule has 118 valence electrons. The molecule has 1 aliphatic carbocycles. The molecular weight excluding hydrogens is 278 g/mol. The Morgan fingerprint density at radius 2 is 1.71 bits per heavy atom. The minimum Gasteiger partial charge on any atom is -0.464 e. The molecule has 0 radical (unpaired) electrons. The van der Waals surface area contributed by atoms with Gasteiger partial charge >= 0.3 is 11.9 Å². The van der Waals surface area contributed by atoms with Crippen LogP contribution in [-0.2, 0) is 28.7 Å². The topological polar surface area (TPSA) is 98.8 Å². The maximum atomic E-state index is 12.4. The molecule has 1 atom stereocenters. The molecule has 1 fully saturated rings. The number of ether oxygens (including phenoxy) is 2.